The fraction of sp³-hybridized carbons (Fsp3) is 0.294. The molecule has 1 aliphatic rings. The van der Waals surface area contributed by atoms with E-state index < -0.39 is 0 Å². The van der Waals surface area contributed by atoms with Gasteiger partial charge in [0.05, 0.1) is 5.57 Å². The molecule has 1 aromatic rings. The quantitative estimate of drug-likeness (QED) is 0.924. The molecule has 4 nitrogen and oxygen atoms in total. The van der Waals surface area contributed by atoms with Crippen LogP contribution in [0.3, 0.4) is 0 Å². The Hall–Kier alpha value is -2.54. The third kappa shape index (κ3) is 2.68. The standard InChI is InChI=1S/C17H18N2O2/c1-10(2)14-13(9-18)17(19)21-16(15(14)11(3)20)12-7-5-4-6-8-12/h4-8,10,14H,19H2,1-3H3. The van der Waals surface area contributed by atoms with Crippen molar-refractivity contribution < 1.29 is 9.53 Å². The lowest BCUT2D eigenvalue weighted by atomic mass is 9.78. The van der Waals surface area contributed by atoms with Crippen molar-refractivity contribution in [1.82, 2.24) is 0 Å². The first-order valence-corrected chi connectivity index (χ1v) is 6.85. The number of rotatable bonds is 3. The van der Waals surface area contributed by atoms with E-state index in [9.17, 15) is 10.1 Å². The van der Waals surface area contributed by atoms with E-state index in [1.807, 2.05) is 44.2 Å². The van der Waals surface area contributed by atoms with Crippen molar-refractivity contribution in [3.8, 4) is 6.07 Å². The van der Waals surface area contributed by atoms with Crippen LogP contribution in [0, 0.1) is 23.2 Å². The Morgan fingerprint density at radius 2 is 1.95 bits per heavy atom. The number of carbonyl (C=O) groups is 1. The van der Waals surface area contributed by atoms with Gasteiger partial charge in [-0.05, 0) is 12.8 Å². The van der Waals surface area contributed by atoms with Gasteiger partial charge in [-0.3, -0.25) is 4.79 Å². The summed E-state index contributed by atoms with van der Waals surface area (Å²) in [4.78, 5) is 12.2. The van der Waals surface area contributed by atoms with Crippen molar-refractivity contribution in [3.63, 3.8) is 0 Å². The van der Waals surface area contributed by atoms with Crippen molar-refractivity contribution in [2.45, 2.75) is 20.8 Å². The molecular formula is C17H18N2O2. The van der Waals surface area contributed by atoms with E-state index in [1.165, 1.54) is 6.92 Å². The van der Waals surface area contributed by atoms with Gasteiger partial charge >= 0.3 is 0 Å². The van der Waals surface area contributed by atoms with E-state index in [0.29, 0.717) is 16.9 Å². The SMILES string of the molecule is CC(=O)C1=C(c2ccccc2)OC(N)=C(C#N)C1C(C)C. The summed E-state index contributed by atoms with van der Waals surface area (Å²) in [5, 5.41) is 9.34. The normalized spacial score (nSPS) is 18.5. The Morgan fingerprint density at radius 3 is 2.43 bits per heavy atom. The number of nitriles is 1. The van der Waals surface area contributed by atoms with Crippen LogP contribution in [0.5, 0.6) is 0 Å². The van der Waals surface area contributed by atoms with E-state index >= 15 is 0 Å². The predicted octanol–water partition coefficient (Wildman–Crippen LogP) is 2.98. The lowest BCUT2D eigenvalue weighted by molar-refractivity contribution is -0.114. The molecule has 2 rings (SSSR count). The first-order valence-electron chi connectivity index (χ1n) is 6.85. The van der Waals surface area contributed by atoms with E-state index in [2.05, 4.69) is 6.07 Å². The van der Waals surface area contributed by atoms with E-state index in [4.69, 9.17) is 10.5 Å². The molecule has 1 atom stereocenters. The van der Waals surface area contributed by atoms with Crippen molar-refractivity contribution in [1.29, 1.82) is 5.26 Å². The number of Topliss-reactive ketones (excluding diaryl/α,β-unsaturated/α-hetero) is 1. The average Bonchev–Trinajstić information content (AvgIpc) is 2.46. The minimum Gasteiger partial charge on any atom is -0.439 e. The molecule has 0 saturated heterocycles. The van der Waals surface area contributed by atoms with Crippen LogP contribution in [0.15, 0.2) is 47.4 Å². The number of nitrogens with two attached hydrogens (primary N) is 1. The first-order chi connectivity index (χ1) is 9.97. The average molecular weight is 282 g/mol. The van der Waals surface area contributed by atoms with Gasteiger partial charge in [0.15, 0.2) is 5.78 Å². The number of allylic oxidation sites excluding steroid dienone is 2. The number of carbonyl (C=O) groups excluding carboxylic acids is 1. The number of hydrogen-bond donors (Lipinski definition) is 1. The highest BCUT2D eigenvalue weighted by Crippen LogP contribution is 2.40. The fourth-order valence-electron chi connectivity index (χ4n) is 2.63. The molecule has 0 radical (unpaired) electrons. The minimum absolute atomic E-state index is 0.0692. The maximum Gasteiger partial charge on any atom is 0.205 e. The Bertz CT molecular complexity index is 664. The van der Waals surface area contributed by atoms with Gasteiger partial charge in [-0.25, -0.2) is 0 Å². The highest BCUT2D eigenvalue weighted by atomic mass is 16.5. The second-order valence-electron chi connectivity index (χ2n) is 5.38. The number of ether oxygens (including phenoxy) is 1. The molecule has 0 aromatic heterocycles. The molecule has 21 heavy (non-hydrogen) atoms. The molecular weight excluding hydrogens is 264 g/mol. The van der Waals surface area contributed by atoms with Gasteiger partial charge in [0.2, 0.25) is 5.88 Å². The summed E-state index contributed by atoms with van der Waals surface area (Å²) >= 11 is 0. The zero-order valence-corrected chi connectivity index (χ0v) is 12.4. The van der Waals surface area contributed by atoms with Crippen LogP contribution >= 0.6 is 0 Å². The van der Waals surface area contributed by atoms with Gasteiger partial charge in [0.1, 0.15) is 11.8 Å². The molecule has 1 heterocycles. The second kappa shape index (κ2) is 5.84. The Labute approximate surface area is 124 Å². The van der Waals surface area contributed by atoms with Gasteiger partial charge in [0.25, 0.3) is 0 Å². The molecule has 0 bridgehead atoms. The van der Waals surface area contributed by atoms with Gasteiger partial charge < -0.3 is 10.5 Å². The van der Waals surface area contributed by atoms with Crippen LogP contribution < -0.4 is 5.73 Å². The molecule has 4 heteroatoms. The highest BCUT2D eigenvalue weighted by Gasteiger charge is 2.36. The van der Waals surface area contributed by atoms with Crippen LogP contribution in [0.4, 0.5) is 0 Å². The number of ketones is 1. The van der Waals surface area contributed by atoms with E-state index in [0.717, 1.165) is 5.56 Å². The van der Waals surface area contributed by atoms with Gasteiger partial charge in [-0.1, -0.05) is 44.2 Å². The third-order valence-electron chi connectivity index (χ3n) is 3.55. The van der Waals surface area contributed by atoms with Crippen molar-refractivity contribution in [2.24, 2.45) is 17.6 Å². The van der Waals surface area contributed by atoms with Crippen LogP contribution in [-0.2, 0) is 9.53 Å². The number of nitrogens with zero attached hydrogens (tertiary/aromatic N) is 1. The zero-order chi connectivity index (χ0) is 15.6. The summed E-state index contributed by atoms with van der Waals surface area (Å²) in [7, 11) is 0. The highest BCUT2D eigenvalue weighted by molar-refractivity contribution is 6.01. The van der Waals surface area contributed by atoms with E-state index in [-0.39, 0.29) is 23.5 Å². The summed E-state index contributed by atoms with van der Waals surface area (Å²) in [5.41, 5.74) is 7.53. The summed E-state index contributed by atoms with van der Waals surface area (Å²) in [5.74, 6) is 0.169. The van der Waals surface area contributed by atoms with Crippen LogP contribution in [0.25, 0.3) is 5.76 Å². The van der Waals surface area contributed by atoms with Crippen molar-refractivity contribution in [3.05, 3.63) is 52.9 Å². The Kier molecular flexibility index (Phi) is 4.13. The maximum absolute atomic E-state index is 12.2. The minimum atomic E-state index is -0.337. The molecule has 1 aromatic carbocycles. The molecule has 0 spiro atoms. The lowest BCUT2D eigenvalue weighted by Gasteiger charge is -2.30. The summed E-state index contributed by atoms with van der Waals surface area (Å²) < 4.78 is 5.62. The number of hydrogen-bond acceptors (Lipinski definition) is 4. The molecule has 0 aliphatic carbocycles. The van der Waals surface area contributed by atoms with Crippen molar-refractivity contribution in [2.75, 3.05) is 0 Å². The van der Waals surface area contributed by atoms with Crippen LogP contribution in [0.1, 0.15) is 26.3 Å². The largest absolute Gasteiger partial charge is 0.439 e. The molecule has 1 aliphatic heterocycles. The number of benzene rings is 1. The van der Waals surface area contributed by atoms with Crippen molar-refractivity contribution >= 4 is 11.5 Å². The molecule has 108 valence electrons. The zero-order valence-electron chi connectivity index (χ0n) is 12.4. The van der Waals surface area contributed by atoms with Crippen LogP contribution in [0.2, 0.25) is 0 Å². The summed E-state index contributed by atoms with van der Waals surface area (Å²) in [6.07, 6.45) is 0. The summed E-state index contributed by atoms with van der Waals surface area (Å²) in [6, 6.07) is 11.4. The van der Waals surface area contributed by atoms with E-state index in [1.54, 1.807) is 0 Å². The molecule has 0 amide bonds. The fourth-order valence-corrected chi connectivity index (χ4v) is 2.63. The van der Waals surface area contributed by atoms with Gasteiger partial charge in [0, 0.05) is 17.1 Å². The lowest BCUT2D eigenvalue weighted by Crippen LogP contribution is -2.28. The first kappa shape index (κ1) is 14.9. The molecule has 2 N–H and O–H groups in total. The second-order valence-corrected chi connectivity index (χ2v) is 5.38. The Balaban J connectivity index is 2.68. The monoisotopic (exact) mass is 282 g/mol. The molecule has 1 unspecified atom stereocenters. The van der Waals surface area contributed by atoms with Gasteiger partial charge in [-0.15, -0.1) is 0 Å². The van der Waals surface area contributed by atoms with Gasteiger partial charge in [-0.2, -0.15) is 5.26 Å². The summed E-state index contributed by atoms with van der Waals surface area (Å²) in [6.45, 7) is 5.42. The van der Waals surface area contributed by atoms with Crippen LogP contribution in [-0.4, -0.2) is 5.78 Å². The molecule has 0 fully saturated rings. The smallest absolute Gasteiger partial charge is 0.205 e. The predicted molar refractivity (Wildman–Crippen MR) is 80.3 cm³/mol. The topological polar surface area (TPSA) is 76.1 Å². The Morgan fingerprint density at radius 1 is 1.33 bits per heavy atom. The third-order valence-corrected chi connectivity index (χ3v) is 3.55. The molecule has 0 saturated carbocycles. The maximum atomic E-state index is 12.2.